The van der Waals surface area contributed by atoms with E-state index in [1.165, 1.54) is 4.90 Å². The minimum atomic E-state index is -0.985. The maximum Gasteiger partial charge on any atom is 0.336 e. The lowest BCUT2D eigenvalue weighted by atomic mass is 9.93. The van der Waals surface area contributed by atoms with Gasteiger partial charge in [0.2, 0.25) is 0 Å². The molecule has 0 bridgehead atoms. The summed E-state index contributed by atoms with van der Waals surface area (Å²) in [5.74, 6) is -1.58. The minimum Gasteiger partial charge on any atom is -0.478 e. The van der Waals surface area contributed by atoms with E-state index in [0.717, 1.165) is 5.39 Å². The van der Waals surface area contributed by atoms with Gasteiger partial charge in [0.05, 0.1) is 11.1 Å². The lowest BCUT2D eigenvalue weighted by molar-refractivity contribution is 0.0599. The van der Waals surface area contributed by atoms with E-state index in [1.54, 1.807) is 36.4 Å². The summed E-state index contributed by atoms with van der Waals surface area (Å²) < 4.78 is 0. The lowest BCUT2D eigenvalue weighted by Crippen LogP contribution is -2.43. The summed E-state index contributed by atoms with van der Waals surface area (Å²) in [6, 6.07) is 15.8. The molecule has 0 unspecified atom stereocenters. The number of rotatable bonds is 7. The number of likely N-dealkylation sites (N-methyl/N-ethyl adjacent to an activating group) is 1. The van der Waals surface area contributed by atoms with Gasteiger partial charge < -0.3 is 15.3 Å². The molecule has 0 radical (unpaired) electrons. The Morgan fingerprint density at radius 1 is 1.00 bits per heavy atom. The van der Waals surface area contributed by atoms with Crippen LogP contribution in [0.25, 0.3) is 10.8 Å². The molecule has 0 aliphatic carbocycles. The van der Waals surface area contributed by atoms with Crippen LogP contribution in [0, 0.1) is 0 Å². The van der Waals surface area contributed by atoms with Crippen molar-refractivity contribution in [2.45, 2.75) is 6.54 Å². The number of benzene rings is 3. The third kappa shape index (κ3) is 3.87. The minimum absolute atomic E-state index is 0.232. The van der Waals surface area contributed by atoms with Crippen molar-refractivity contribution < 1.29 is 19.5 Å². The van der Waals surface area contributed by atoms with Crippen LogP contribution in [0.3, 0.4) is 0 Å². The van der Waals surface area contributed by atoms with Gasteiger partial charge in [-0.15, -0.1) is 0 Å². The second kappa shape index (κ2) is 8.20. The SMILES string of the molecule is CN(C)CCN1C(=O)c2cccc3cc(NCc4ccccc4C(=O)O)cc(c23)C1=O. The Balaban J connectivity index is 1.70. The van der Waals surface area contributed by atoms with Gasteiger partial charge in [0.15, 0.2) is 0 Å². The molecule has 0 saturated heterocycles. The van der Waals surface area contributed by atoms with E-state index in [-0.39, 0.29) is 17.4 Å². The first kappa shape index (κ1) is 20.6. The zero-order valence-electron chi connectivity index (χ0n) is 17.4. The van der Waals surface area contributed by atoms with E-state index < -0.39 is 5.97 Å². The van der Waals surface area contributed by atoms with Crippen LogP contribution in [0.4, 0.5) is 5.69 Å². The van der Waals surface area contributed by atoms with Crippen molar-refractivity contribution in [2.24, 2.45) is 0 Å². The topological polar surface area (TPSA) is 89.9 Å². The second-order valence-corrected chi connectivity index (χ2v) is 7.81. The van der Waals surface area contributed by atoms with Gasteiger partial charge in [0.25, 0.3) is 11.8 Å². The van der Waals surface area contributed by atoms with Crippen molar-refractivity contribution in [3.8, 4) is 0 Å². The molecule has 1 aliphatic rings. The number of carbonyl (C=O) groups is 3. The molecule has 1 aliphatic heterocycles. The number of carboxylic acids is 1. The fraction of sp³-hybridized carbons (Fsp3) is 0.208. The molecule has 2 amide bonds. The smallest absolute Gasteiger partial charge is 0.336 e. The first-order chi connectivity index (χ1) is 14.9. The predicted octanol–water partition coefficient (Wildman–Crippen LogP) is 3.31. The van der Waals surface area contributed by atoms with Crippen molar-refractivity contribution >= 4 is 34.2 Å². The van der Waals surface area contributed by atoms with Crippen LogP contribution in [-0.4, -0.2) is 59.9 Å². The Hall–Kier alpha value is -3.71. The molecule has 0 spiro atoms. The molecule has 2 N–H and O–H groups in total. The molecule has 0 saturated carbocycles. The maximum absolute atomic E-state index is 13.2. The number of amides is 2. The first-order valence-corrected chi connectivity index (χ1v) is 9.99. The summed E-state index contributed by atoms with van der Waals surface area (Å²) in [6.45, 7) is 1.18. The summed E-state index contributed by atoms with van der Waals surface area (Å²) in [6.07, 6.45) is 0. The largest absolute Gasteiger partial charge is 0.478 e. The van der Waals surface area contributed by atoms with Gasteiger partial charge in [-0.05, 0) is 49.3 Å². The average molecular weight is 417 g/mol. The fourth-order valence-electron chi connectivity index (χ4n) is 3.84. The van der Waals surface area contributed by atoms with Crippen LogP contribution in [0.2, 0.25) is 0 Å². The Labute approximate surface area is 179 Å². The molecule has 1 heterocycles. The van der Waals surface area contributed by atoms with E-state index in [0.29, 0.717) is 47.4 Å². The van der Waals surface area contributed by atoms with Crippen LogP contribution in [0.1, 0.15) is 36.6 Å². The number of imide groups is 1. The van der Waals surface area contributed by atoms with Gasteiger partial charge in [-0.25, -0.2) is 4.79 Å². The highest BCUT2D eigenvalue weighted by molar-refractivity contribution is 6.26. The van der Waals surface area contributed by atoms with Crippen molar-refractivity contribution in [3.05, 3.63) is 76.9 Å². The number of aromatic carboxylic acids is 1. The standard InChI is InChI=1S/C24H23N3O4/c1-26(2)10-11-27-22(28)19-9-5-7-15-12-17(13-20(21(15)19)23(27)29)25-14-16-6-3-4-8-18(16)24(30)31/h3-9,12-13,25H,10-11,14H2,1-2H3,(H,30,31). The van der Waals surface area contributed by atoms with E-state index >= 15 is 0 Å². The summed E-state index contributed by atoms with van der Waals surface area (Å²) >= 11 is 0. The molecule has 31 heavy (non-hydrogen) atoms. The highest BCUT2D eigenvalue weighted by atomic mass is 16.4. The van der Waals surface area contributed by atoms with Gasteiger partial charge in [-0.3, -0.25) is 14.5 Å². The van der Waals surface area contributed by atoms with Gasteiger partial charge in [-0.1, -0.05) is 30.3 Å². The average Bonchev–Trinajstić information content (AvgIpc) is 2.75. The molecular weight excluding hydrogens is 394 g/mol. The Bertz CT molecular complexity index is 1200. The number of nitrogens with zero attached hydrogens (tertiary/aromatic N) is 2. The second-order valence-electron chi connectivity index (χ2n) is 7.81. The Morgan fingerprint density at radius 3 is 2.48 bits per heavy atom. The summed E-state index contributed by atoms with van der Waals surface area (Å²) in [4.78, 5) is 40.8. The van der Waals surface area contributed by atoms with Gasteiger partial charge >= 0.3 is 5.97 Å². The molecule has 0 aromatic heterocycles. The van der Waals surface area contributed by atoms with Crippen LogP contribution in [0.5, 0.6) is 0 Å². The Morgan fingerprint density at radius 2 is 1.74 bits per heavy atom. The maximum atomic E-state index is 13.2. The predicted molar refractivity (Wildman–Crippen MR) is 119 cm³/mol. The van der Waals surface area contributed by atoms with Crippen molar-refractivity contribution in [2.75, 3.05) is 32.5 Å². The molecule has 7 nitrogen and oxygen atoms in total. The number of nitrogens with one attached hydrogen (secondary N) is 1. The molecule has 3 aromatic carbocycles. The zero-order chi connectivity index (χ0) is 22.1. The Kier molecular flexibility index (Phi) is 5.44. The molecule has 7 heteroatoms. The van der Waals surface area contributed by atoms with E-state index in [9.17, 15) is 19.5 Å². The third-order valence-corrected chi connectivity index (χ3v) is 5.43. The first-order valence-electron chi connectivity index (χ1n) is 9.99. The third-order valence-electron chi connectivity index (χ3n) is 5.43. The quantitative estimate of drug-likeness (QED) is 0.574. The highest BCUT2D eigenvalue weighted by Crippen LogP contribution is 2.33. The number of hydrogen-bond donors (Lipinski definition) is 2. The molecule has 3 aromatic rings. The normalized spacial score (nSPS) is 13.2. The zero-order valence-corrected chi connectivity index (χ0v) is 17.4. The van der Waals surface area contributed by atoms with Crippen LogP contribution < -0.4 is 5.32 Å². The monoisotopic (exact) mass is 417 g/mol. The summed E-state index contributed by atoms with van der Waals surface area (Å²) in [5, 5.41) is 14.1. The number of anilines is 1. The summed E-state index contributed by atoms with van der Waals surface area (Å²) in [7, 11) is 3.79. The number of carbonyl (C=O) groups excluding carboxylic acids is 2. The lowest BCUT2D eigenvalue weighted by Gasteiger charge is -2.28. The van der Waals surface area contributed by atoms with Crippen molar-refractivity contribution in [1.82, 2.24) is 9.80 Å². The van der Waals surface area contributed by atoms with Gasteiger partial charge in [0.1, 0.15) is 0 Å². The summed E-state index contributed by atoms with van der Waals surface area (Å²) in [5.41, 5.74) is 2.56. The number of hydrogen-bond acceptors (Lipinski definition) is 5. The highest BCUT2D eigenvalue weighted by Gasteiger charge is 2.32. The van der Waals surface area contributed by atoms with Crippen LogP contribution >= 0.6 is 0 Å². The van der Waals surface area contributed by atoms with Crippen molar-refractivity contribution in [3.63, 3.8) is 0 Å². The molecular formula is C24H23N3O4. The van der Waals surface area contributed by atoms with Crippen molar-refractivity contribution in [1.29, 1.82) is 0 Å². The van der Waals surface area contributed by atoms with E-state index in [2.05, 4.69) is 5.32 Å². The molecule has 0 atom stereocenters. The van der Waals surface area contributed by atoms with Crippen LogP contribution in [0.15, 0.2) is 54.6 Å². The van der Waals surface area contributed by atoms with Crippen LogP contribution in [-0.2, 0) is 6.54 Å². The fourth-order valence-corrected chi connectivity index (χ4v) is 3.84. The van der Waals surface area contributed by atoms with Gasteiger partial charge in [0, 0.05) is 36.3 Å². The number of carboxylic acid groups (broad SMARTS) is 1. The van der Waals surface area contributed by atoms with E-state index in [4.69, 9.17) is 0 Å². The molecule has 4 rings (SSSR count). The van der Waals surface area contributed by atoms with E-state index in [1.807, 2.05) is 37.2 Å². The molecule has 158 valence electrons. The molecule has 0 fully saturated rings. The van der Waals surface area contributed by atoms with Gasteiger partial charge in [-0.2, -0.15) is 0 Å².